The van der Waals surface area contributed by atoms with E-state index in [1.807, 2.05) is 37.3 Å². The zero-order valence-electron chi connectivity index (χ0n) is 16.8. The zero-order chi connectivity index (χ0) is 20.8. The summed E-state index contributed by atoms with van der Waals surface area (Å²) >= 11 is 0. The van der Waals surface area contributed by atoms with Crippen LogP contribution in [0.4, 0.5) is 5.69 Å². The Balaban J connectivity index is 1.59. The zero-order valence-corrected chi connectivity index (χ0v) is 16.8. The van der Waals surface area contributed by atoms with Crippen LogP contribution in [0.2, 0.25) is 0 Å². The predicted molar refractivity (Wildman–Crippen MR) is 111 cm³/mol. The lowest BCUT2D eigenvalue weighted by molar-refractivity contribution is -0.129. The van der Waals surface area contributed by atoms with Crippen molar-refractivity contribution in [3.63, 3.8) is 0 Å². The van der Waals surface area contributed by atoms with Crippen molar-refractivity contribution >= 4 is 23.5 Å². The number of nitrogens with one attached hydrogen (secondary N) is 1. The summed E-state index contributed by atoms with van der Waals surface area (Å²) in [7, 11) is 0. The van der Waals surface area contributed by atoms with Gasteiger partial charge in [0, 0.05) is 19.5 Å². The van der Waals surface area contributed by atoms with Crippen molar-refractivity contribution < 1.29 is 19.1 Å². The molecule has 6 heteroatoms. The highest BCUT2D eigenvalue weighted by atomic mass is 16.5. The van der Waals surface area contributed by atoms with Crippen molar-refractivity contribution in [3.8, 4) is 0 Å². The fourth-order valence-corrected chi connectivity index (χ4v) is 3.36. The largest absolute Gasteiger partial charge is 0.449 e. The third-order valence-corrected chi connectivity index (χ3v) is 5.09. The van der Waals surface area contributed by atoms with Gasteiger partial charge in [0.2, 0.25) is 5.91 Å². The number of hydrogen-bond donors (Lipinski definition) is 1. The summed E-state index contributed by atoms with van der Waals surface area (Å²) in [4.78, 5) is 38.7. The summed E-state index contributed by atoms with van der Waals surface area (Å²) in [6.45, 7) is 4.60. The van der Waals surface area contributed by atoms with E-state index in [4.69, 9.17) is 4.74 Å². The quantitative estimate of drug-likeness (QED) is 0.732. The van der Waals surface area contributed by atoms with E-state index in [0.717, 1.165) is 12.0 Å². The first-order chi connectivity index (χ1) is 14.0. The van der Waals surface area contributed by atoms with Crippen molar-refractivity contribution in [1.29, 1.82) is 0 Å². The van der Waals surface area contributed by atoms with Crippen LogP contribution in [0.15, 0.2) is 54.6 Å². The monoisotopic (exact) mass is 394 g/mol. The van der Waals surface area contributed by atoms with Gasteiger partial charge < -0.3 is 15.0 Å². The molecule has 0 unspecified atom stereocenters. The first kappa shape index (κ1) is 20.6. The molecule has 1 heterocycles. The number of carbonyl (C=O) groups excluding carboxylic acids is 3. The number of rotatable bonds is 7. The fraction of sp³-hybridized carbons (Fsp3) is 0.348. The average Bonchev–Trinajstić information content (AvgIpc) is 3.17. The van der Waals surface area contributed by atoms with Gasteiger partial charge in [-0.25, -0.2) is 4.79 Å². The van der Waals surface area contributed by atoms with E-state index >= 15 is 0 Å². The van der Waals surface area contributed by atoms with Gasteiger partial charge >= 0.3 is 5.97 Å². The molecule has 29 heavy (non-hydrogen) atoms. The van der Waals surface area contributed by atoms with Gasteiger partial charge in [-0.05, 0) is 37.0 Å². The van der Waals surface area contributed by atoms with Gasteiger partial charge in [-0.1, -0.05) is 49.4 Å². The second kappa shape index (κ2) is 9.37. The molecule has 0 spiro atoms. The Morgan fingerprint density at radius 1 is 1.07 bits per heavy atom. The van der Waals surface area contributed by atoms with Crippen LogP contribution >= 0.6 is 0 Å². The van der Waals surface area contributed by atoms with E-state index in [0.29, 0.717) is 30.8 Å². The lowest BCUT2D eigenvalue weighted by Crippen LogP contribution is -2.38. The van der Waals surface area contributed by atoms with Crippen LogP contribution in [0.1, 0.15) is 48.5 Å². The topological polar surface area (TPSA) is 75.7 Å². The maximum absolute atomic E-state index is 12.7. The molecule has 1 aliphatic heterocycles. The Morgan fingerprint density at radius 3 is 2.45 bits per heavy atom. The summed E-state index contributed by atoms with van der Waals surface area (Å²) in [6, 6.07) is 16.7. The molecule has 152 valence electrons. The van der Waals surface area contributed by atoms with Crippen molar-refractivity contribution in [1.82, 2.24) is 5.32 Å². The number of benzene rings is 2. The SMILES string of the molecule is C[C@H](OC(=O)c1ccccc1N1CCCC1=O)C(=O)NC[C@@H](C)c1ccccc1. The molecular weight excluding hydrogens is 368 g/mol. The average molecular weight is 394 g/mol. The summed E-state index contributed by atoms with van der Waals surface area (Å²) in [5.41, 5.74) is 1.95. The maximum Gasteiger partial charge on any atom is 0.341 e. The van der Waals surface area contributed by atoms with Gasteiger partial charge in [-0.3, -0.25) is 9.59 Å². The molecule has 0 aromatic heterocycles. The number of nitrogens with zero attached hydrogens (tertiary/aromatic N) is 1. The van der Waals surface area contributed by atoms with E-state index in [1.165, 1.54) is 0 Å². The Kier molecular flexibility index (Phi) is 6.65. The van der Waals surface area contributed by atoms with Crippen molar-refractivity contribution in [3.05, 3.63) is 65.7 Å². The number of para-hydroxylation sites is 1. The smallest absolute Gasteiger partial charge is 0.341 e. The molecule has 6 nitrogen and oxygen atoms in total. The molecule has 2 atom stereocenters. The van der Waals surface area contributed by atoms with Gasteiger partial charge in [-0.2, -0.15) is 0 Å². The molecule has 2 amide bonds. The minimum atomic E-state index is -0.937. The van der Waals surface area contributed by atoms with E-state index in [2.05, 4.69) is 5.32 Å². The highest BCUT2D eigenvalue weighted by Crippen LogP contribution is 2.26. The Labute approximate surface area is 170 Å². The van der Waals surface area contributed by atoms with E-state index in [9.17, 15) is 14.4 Å². The van der Waals surface area contributed by atoms with Crippen molar-refractivity contribution in [2.24, 2.45) is 0 Å². The normalized spacial score (nSPS) is 15.7. The second-order valence-electron chi connectivity index (χ2n) is 7.27. The predicted octanol–water partition coefficient (Wildman–Crippen LogP) is 3.28. The van der Waals surface area contributed by atoms with Crippen molar-refractivity contribution in [2.45, 2.75) is 38.7 Å². The molecule has 0 saturated carbocycles. The van der Waals surface area contributed by atoms with Gasteiger partial charge in [-0.15, -0.1) is 0 Å². The lowest BCUT2D eigenvalue weighted by atomic mass is 10.0. The Bertz CT molecular complexity index is 881. The number of anilines is 1. The summed E-state index contributed by atoms with van der Waals surface area (Å²) in [6.07, 6.45) is 0.301. The molecule has 0 bridgehead atoms. The number of ether oxygens (including phenoxy) is 1. The summed E-state index contributed by atoms with van der Waals surface area (Å²) in [5, 5.41) is 2.83. The van der Waals surface area contributed by atoms with Gasteiger partial charge in [0.15, 0.2) is 6.10 Å². The first-order valence-electron chi connectivity index (χ1n) is 9.90. The number of hydrogen-bond acceptors (Lipinski definition) is 4. The molecular formula is C23H26N2O4. The number of esters is 1. The minimum Gasteiger partial charge on any atom is -0.449 e. The first-order valence-corrected chi connectivity index (χ1v) is 9.90. The van der Waals surface area contributed by atoms with E-state index in [-0.39, 0.29) is 17.7 Å². The van der Waals surface area contributed by atoms with E-state index < -0.39 is 12.1 Å². The van der Waals surface area contributed by atoms with Crippen LogP contribution in [0.25, 0.3) is 0 Å². The van der Waals surface area contributed by atoms with Gasteiger partial charge in [0.25, 0.3) is 5.91 Å². The minimum absolute atomic E-state index is 0.00839. The molecule has 1 aliphatic rings. The molecule has 3 rings (SSSR count). The van der Waals surface area contributed by atoms with Crippen LogP contribution < -0.4 is 10.2 Å². The highest BCUT2D eigenvalue weighted by molar-refractivity contribution is 6.04. The van der Waals surface area contributed by atoms with Crippen LogP contribution in [-0.2, 0) is 14.3 Å². The Hall–Kier alpha value is -3.15. The molecule has 2 aromatic carbocycles. The Morgan fingerprint density at radius 2 is 1.76 bits per heavy atom. The van der Waals surface area contributed by atoms with E-state index in [1.54, 1.807) is 36.1 Å². The number of amides is 2. The fourth-order valence-electron chi connectivity index (χ4n) is 3.36. The highest BCUT2D eigenvalue weighted by Gasteiger charge is 2.27. The molecule has 2 aromatic rings. The molecule has 1 N–H and O–H groups in total. The second-order valence-corrected chi connectivity index (χ2v) is 7.27. The van der Waals surface area contributed by atoms with Gasteiger partial charge in [0.1, 0.15) is 0 Å². The number of carbonyl (C=O) groups is 3. The van der Waals surface area contributed by atoms with Crippen LogP contribution in [0, 0.1) is 0 Å². The lowest BCUT2D eigenvalue weighted by Gasteiger charge is -2.20. The molecule has 0 radical (unpaired) electrons. The standard InChI is InChI=1S/C23H26N2O4/c1-16(18-9-4-3-5-10-18)15-24-22(27)17(2)29-23(28)19-11-6-7-12-20(19)25-14-8-13-21(25)26/h3-7,9-12,16-17H,8,13-15H2,1-2H3,(H,24,27)/t16-,17+/m1/s1. The summed E-state index contributed by atoms with van der Waals surface area (Å²) < 4.78 is 5.38. The van der Waals surface area contributed by atoms with Gasteiger partial charge in [0.05, 0.1) is 11.3 Å². The molecule has 1 saturated heterocycles. The maximum atomic E-state index is 12.7. The third kappa shape index (κ3) is 5.02. The van der Waals surface area contributed by atoms with Crippen LogP contribution in [0.3, 0.4) is 0 Å². The van der Waals surface area contributed by atoms with Crippen molar-refractivity contribution in [2.75, 3.05) is 18.0 Å². The van der Waals surface area contributed by atoms with Crippen LogP contribution in [-0.4, -0.2) is 37.0 Å². The third-order valence-electron chi connectivity index (χ3n) is 5.09. The molecule has 0 aliphatic carbocycles. The molecule has 1 fully saturated rings. The summed E-state index contributed by atoms with van der Waals surface area (Å²) in [5.74, 6) is -0.828. The van der Waals surface area contributed by atoms with Crippen LogP contribution in [0.5, 0.6) is 0 Å².